The maximum Gasteiger partial charge on any atom is 0.435 e. The summed E-state index contributed by atoms with van der Waals surface area (Å²) >= 11 is 1.44. The number of nitrogens with zero attached hydrogens (tertiary/aromatic N) is 3. The summed E-state index contributed by atoms with van der Waals surface area (Å²) in [5.41, 5.74) is 1.66. The Labute approximate surface area is 168 Å². The molecule has 1 unspecified atom stereocenters. The van der Waals surface area contributed by atoms with Crippen LogP contribution in [0.25, 0.3) is 5.69 Å². The van der Waals surface area contributed by atoms with Gasteiger partial charge in [-0.3, -0.25) is 9.69 Å². The molecule has 1 fully saturated rings. The van der Waals surface area contributed by atoms with Crippen LogP contribution in [-0.2, 0) is 11.0 Å². The molecule has 0 N–H and O–H groups in total. The number of aryl methyl sites for hydroxylation is 1. The minimum absolute atomic E-state index is 0.0846. The second-order valence-corrected chi connectivity index (χ2v) is 7.66. The molecule has 1 aliphatic rings. The number of carbonyl (C=O) groups is 1. The van der Waals surface area contributed by atoms with Gasteiger partial charge in [0.15, 0.2) is 5.69 Å². The van der Waals surface area contributed by atoms with E-state index in [1.54, 1.807) is 42.2 Å². The number of amides is 1. The van der Waals surface area contributed by atoms with Gasteiger partial charge < -0.3 is 0 Å². The van der Waals surface area contributed by atoms with Crippen LogP contribution in [0.4, 0.5) is 23.2 Å². The molecule has 4 rings (SSSR count). The summed E-state index contributed by atoms with van der Waals surface area (Å²) in [5.74, 6) is -0.150. The van der Waals surface area contributed by atoms with Crippen LogP contribution in [-0.4, -0.2) is 21.4 Å². The second-order valence-electron chi connectivity index (χ2n) is 6.59. The number of thioether (sulfide) groups is 1. The Balaban J connectivity index is 1.67. The maximum atomic E-state index is 13.2. The highest BCUT2D eigenvalue weighted by Crippen LogP contribution is 2.43. The topological polar surface area (TPSA) is 38.1 Å². The second kappa shape index (κ2) is 7.22. The third-order valence-corrected chi connectivity index (χ3v) is 5.82. The van der Waals surface area contributed by atoms with Crippen LogP contribution in [0, 0.1) is 12.7 Å². The number of benzene rings is 2. The van der Waals surface area contributed by atoms with Gasteiger partial charge in [0.2, 0.25) is 5.91 Å². The predicted molar refractivity (Wildman–Crippen MR) is 102 cm³/mol. The van der Waals surface area contributed by atoms with E-state index in [-0.39, 0.29) is 22.9 Å². The first-order chi connectivity index (χ1) is 13.7. The van der Waals surface area contributed by atoms with Crippen molar-refractivity contribution in [2.75, 3.05) is 10.7 Å². The molecular weight excluding hydrogens is 406 g/mol. The highest BCUT2D eigenvalue weighted by molar-refractivity contribution is 8.00. The van der Waals surface area contributed by atoms with Gasteiger partial charge in [-0.1, -0.05) is 12.1 Å². The zero-order valence-corrected chi connectivity index (χ0v) is 16.0. The molecule has 1 saturated heterocycles. The Morgan fingerprint density at radius 3 is 2.45 bits per heavy atom. The molecule has 0 aliphatic carbocycles. The molecule has 1 atom stereocenters. The number of aromatic nitrogens is 2. The molecule has 2 aromatic carbocycles. The fourth-order valence-corrected chi connectivity index (χ4v) is 4.40. The van der Waals surface area contributed by atoms with E-state index < -0.39 is 11.9 Å². The number of alkyl halides is 3. The molecule has 0 bridgehead atoms. The van der Waals surface area contributed by atoms with Crippen LogP contribution in [0.15, 0.2) is 54.7 Å². The predicted octanol–water partition coefficient (Wildman–Crippen LogP) is 5.12. The summed E-state index contributed by atoms with van der Waals surface area (Å²) in [4.78, 5) is 14.2. The number of rotatable bonds is 3. The molecule has 0 radical (unpaired) electrons. The van der Waals surface area contributed by atoms with Crippen molar-refractivity contribution in [2.45, 2.75) is 18.5 Å². The monoisotopic (exact) mass is 421 g/mol. The van der Waals surface area contributed by atoms with Crippen LogP contribution < -0.4 is 4.90 Å². The van der Waals surface area contributed by atoms with E-state index in [2.05, 4.69) is 5.10 Å². The molecule has 150 valence electrons. The molecule has 1 aromatic heterocycles. The lowest BCUT2D eigenvalue weighted by atomic mass is 10.1. The molecule has 1 amide bonds. The van der Waals surface area contributed by atoms with Crippen LogP contribution in [0.1, 0.15) is 22.2 Å². The lowest BCUT2D eigenvalue weighted by Gasteiger charge is -2.26. The average Bonchev–Trinajstić information content (AvgIpc) is 3.30. The highest BCUT2D eigenvalue weighted by Gasteiger charge is 2.35. The van der Waals surface area contributed by atoms with Crippen molar-refractivity contribution in [2.24, 2.45) is 0 Å². The van der Waals surface area contributed by atoms with Gasteiger partial charge in [-0.25, -0.2) is 9.07 Å². The smallest absolute Gasteiger partial charge is 0.295 e. The normalized spacial score (nSPS) is 17.2. The van der Waals surface area contributed by atoms with Gasteiger partial charge in [0.05, 0.1) is 11.4 Å². The summed E-state index contributed by atoms with van der Waals surface area (Å²) in [6, 6.07) is 11.9. The quantitative estimate of drug-likeness (QED) is 0.551. The lowest BCUT2D eigenvalue weighted by Crippen LogP contribution is -2.28. The summed E-state index contributed by atoms with van der Waals surface area (Å²) in [6.45, 7) is 1.78. The minimum Gasteiger partial charge on any atom is -0.295 e. The summed E-state index contributed by atoms with van der Waals surface area (Å²) in [7, 11) is 0. The van der Waals surface area contributed by atoms with Crippen LogP contribution >= 0.6 is 11.8 Å². The van der Waals surface area contributed by atoms with Crippen molar-refractivity contribution >= 4 is 23.4 Å². The molecule has 2 heterocycles. The molecule has 9 heteroatoms. The van der Waals surface area contributed by atoms with Gasteiger partial charge >= 0.3 is 6.18 Å². The number of hydrogen-bond donors (Lipinski definition) is 0. The SMILES string of the molecule is Cc1cc(-n2ccc(C(F)(F)F)n2)ccc1N1C(=O)CSC1c1ccc(F)cc1. The molecule has 4 nitrogen and oxygen atoms in total. The van der Waals surface area contributed by atoms with Crippen molar-refractivity contribution in [3.63, 3.8) is 0 Å². The van der Waals surface area contributed by atoms with Gasteiger partial charge in [0, 0.05) is 11.9 Å². The Kier molecular flexibility index (Phi) is 4.85. The summed E-state index contributed by atoms with van der Waals surface area (Å²) in [5, 5.41) is 3.28. The van der Waals surface area contributed by atoms with Gasteiger partial charge in [-0.15, -0.1) is 11.8 Å². The first-order valence-electron chi connectivity index (χ1n) is 8.67. The summed E-state index contributed by atoms with van der Waals surface area (Å²) < 4.78 is 52.8. The maximum absolute atomic E-state index is 13.2. The third-order valence-electron chi connectivity index (χ3n) is 4.61. The van der Waals surface area contributed by atoms with Crippen molar-refractivity contribution in [1.82, 2.24) is 9.78 Å². The van der Waals surface area contributed by atoms with Gasteiger partial charge in [-0.2, -0.15) is 18.3 Å². The molecule has 1 aliphatic heterocycles. The fraction of sp³-hybridized carbons (Fsp3) is 0.200. The van der Waals surface area contributed by atoms with E-state index >= 15 is 0 Å². The molecule has 0 saturated carbocycles. The summed E-state index contributed by atoms with van der Waals surface area (Å²) in [6.07, 6.45) is -3.27. The van der Waals surface area contributed by atoms with Crippen LogP contribution in [0.2, 0.25) is 0 Å². The zero-order chi connectivity index (χ0) is 20.8. The number of carbonyl (C=O) groups excluding carboxylic acids is 1. The van der Waals surface area contributed by atoms with Crippen molar-refractivity contribution in [3.05, 3.63) is 77.4 Å². The van der Waals surface area contributed by atoms with E-state index in [4.69, 9.17) is 0 Å². The molecular formula is C20H15F4N3OS. The molecule has 3 aromatic rings. The first kappa shape index (κ1) is 19.5. The van der Waals surface area contributed by atoms with Crippen molar-refractivity contribution in [1.29, 1.82) is 0 Å². The van der Waals surface area contributed by atoms with E-state index in [9.17, 15) is 22.4 Å². The first-order valence-corrected chi connectivity index (χ1v) is 9.72. The Morgan fingerprint density at radius 1 is 1.10 bits per heavy atom. The van der Waals surface area contributed by atoms with Crippen LogP contribution in [0.3, 0.4) is 0 Å². The van der Waals surface area contributed by atoms with E-state index in [1.807, 2.05) is 0 Å². The lowest BCUT2D eigenvalue weighted by molar-refractivity contribution is -0.141. The average molecular weight is 421 g/mol. The van der Waals surface area contributed by atoms with Gasteiger partial charge in [0.25, 0.3) is 0 Å². The van der Waals surface area contributed by atoms with E-state index in [1.165, 1.54) is 30.1 Å². The van der Waals surface area contributed by atoms with Gasteiger partial charge in [-0.05, 0) is 54.4 Å². The Bertz CT molecular complexity index is 1060. The Morgan fingerprint density at radius 2 is 1.83 bits per heavy atom. The Hall–Kier alpha value is -2.81. The van der Waals surface area contributed by atoms with Crippen molar-refractivity contribution < 1.29 is 22.4 Å². The molecule has 29 heavy (non-hydrogen) atoms. The van der Waals surface area contributed by atoms with Crippen molar-refractivity contribution in [3.8, 4) is 5.69 Å². The fourth-order valence-electron chi connectivity index (χ4n) is 3.23. The number of anilines is 1. The number of halogens is 4. The highest BCUT2D eigenvalue weighted by atomic mass is 32.2. The minimum atomic E-state index is -4.51. The zero-order valence-electron chi connectivity index (χ0n) is 15.2. The van der Waals surface area contributed by atoms with Gasteiger partial charge in [0.1, 0.15) is 11.2 Å². The number of hydrogen-bond acceptors (Lipinski definition) is 3. The van der Waals surface area contributed by atoms with E-state index in [0.717, 1.165) is 21.9 Å². The van der Waals surface area contributed by atoms with E-state index in [0.29, 0.717) is 11.4 Å². The largest absolute Gasteiger partial charge is 0.435 e. The third kappa shape index (κ3) is 3.74. The standard InChI is InChI=1S/C20H15F4N3OS/c1-12-10-15(26-9-8-17(25-26)20(22,23)24)6-7-16(12)27-18(28)11-29-19(27)13-2-4-14(21)5-3-13/h2-10,19H,11H2,1H3. The molecule has 0 spiro atoms. The van der Waals surface area contributed by atoms with Crippen LogP contribution in [0.5, 0.6) is 0 Å².